The smallest absolute Gasteiger partial charge is 0.191 e. The molecule has 0 rings (SSSR count). The van der Waals surface area contributed by atoms with Crippen LogP contribution in [-0.4, -0.2) is 49.3 Å². The van der Waals surface area contributed by atoms with E-state index in [4.69, 9.17) is 5.11 Å². The van der Waals surface area contributed by atoms with Gasteiger partial charge < -0.3 is 15.7 Å². The summed E-state index contributed by atoms with van der Waals surface area (Å²) in [6.45, 7) is 7.19. The Labute approximate surface area is 152 Å². The minimum absolute atomic E-state index is 0. The lowest BCUT2D eigenvalue weighted by molar-refractivity contribution is 0.253. The minimum atomic E-state index is 0. The van der Waals surface area contributed by atoms with Crippen molar-refractivity contribution in [1.29, 1.82) is 0 Å². The number of hydrogen-bond donors (Lipinski definition) is 3. The molecule has 0 heterocycles. The molecule has 0 aliphatic heterocycles. The van der Waals surface area contributed by atoms with Crippen molar-refractivity contribution in [2.45, 2.75) is 46.0 Å². The minimum Gasteiger partial charge on any atom is -0.396 e. The fourth-order valence-electron chi connectivity index (χ4n) is 2.06. The molecule has 0 spiro atoms. The van der Waals surface area contributed by atoms with Crippen LogP contribution in [0.4, 0.5) is 0 Å². The standard InChI is InChI=1S/C15H33N3OS.HI/c1-4-8-14(9-11-19)13-18-15(16-5-2)17-10-6-7-12-20-3;/h14,19H,4-13H2,1-3H3,(H2,16,17,18);1H. The summed E-state index contributed by atoms with van der Waals surface area (Å²) in [5.74, 6) is 2.64. The van der Waals surface area contributed by atoms with Gasteiger partial charge in [-0.3, -0.25) is 4.99 Å². The molecule has 6 heteroatoms. The zero-order valence-electron chi connectivity index (χ0n) is 13.9. The van der Waals surface area contributed by atoms with Crippen LogP contribution in [0.25, 0.3) is 0 Å². The third-order valence-corrected chi connectivity index (χ3v) is 3.85. The molecule has 0 bridgehead atoms. The van der Waals surface area contributed by atoms with Crippen LogP contribution in [0.1, 0.15) is 46.0 Å². The summed E-state index contributed by atoms with van der Waals surface area (Å²) in [6.07, 6.45) is 7.71. The monoisotopic (exact) mass is 431 g/mol. The Morgan fingerprint density at radius 2 is 1.95 bits per heavy atom. The number of aliphatic imine (C=N–C) groups is 1. The van der Waals surface area contributed by atoms with E-state index in [-0.39, 0.29) is 30.6 Å². The van der Waals surface area contributed by atoms with E-state index in [2.05, 4.69) is 35.7 Å². The number of nitrogens with one attached hydrogen (secondary N) is 2. The second-order valence-corrected chi connectivity index (χ2v) is 6.00. The van der Waals surface area contributed by atoms with Gasteiger partial charge in [0.2, 0.25) is 0 Å². The number of halogens is 1. The summed E-state index contributed by atoms with van der Waals surface area (Å²) < 4.78 is 0. The van der Waals surface area contributed by atoms with Crippen molar-refractivity contribution in [3.63, 3.8) is 0 Å². The second-order valence-electron chi connectivity index (χ2n) is 5.01. The summed E-state index contributed by atoms with van der Waals surface area (Å²) in [5.41, 5.74) is 0. The summed E-state index contributed by atoms with van der Waals surface area (Å²) in [6, 6.07) is 0. The first-order valence-corrected chi connectivity index (χ1v) is 9.29. The quantitative estimate of drug-likeness (QED) is 0.192. The Morgan fingerprint density at radius 3 is 2.52 bits per heavy atom. The molecule has 0 radical (unpaired) electrons. The lowest BCUT2D eigenvalue weighted by Gasteiger charge is -2.15. The van der Waals surface area contributed by atoms with Crippen molar-refractivity contribution in [3.8, 4) is 0 Å². The Balaban J connectivity index is 0. The predicted molar refractivity (Wildman–Crippen MR) is 107 cm³/mol. The largest absolute Gasteiger partial charge is 0.396 e. The van der Waals surface area contributed by atoms with Gasteiger partial charge in [0.15, 0.2) is 5.96 Å². The first kappa shape index (κ1) is 23.6. The van der Waals surface area contributed by atoms with Crippen molar-refractivity contribution in [1.82, 2.24) is 10.6 Å². The molecule has 0 saturated heterocycles. The van der Waals surface area contributed by atoms with E-state index in [1.54, 1.807) is 0 Å². The summed E-state index contributed by atoms with van der Waals surface area (Å²) >= 11 is 1.90. The van der Waals surface area contributed by atoms with Crippen LogP contribution >= 0.6 is 35.7 Å². The number of aliphatic hydroxyl groups is 1. The van der Waals surface area contributed by atoms with E-state index in [9.17, 15) is 0 Å². The molecule has 0 aliphatic carbocycles. The number of nitrogens with zero attached hydrogens (tertiary/aromatic N) is 1. The van der Waals surface area contributed by atoms with Gasteiger partial charge in [0.25, 0.3) is 0 Å². The van der Waals surface area contributed by atoms with Crippen molar-refractivity contribution >= 4 is 41.7 Å². The van der Waals surface area contributed by atoms with Crippen molar-refractivity contribution in [2.24, 2.45) is 10.9 Å². The van der Waals surface area contributed by atoms with Gasteiger partial charge in [-0.1, -0.05) is 13.3 Å². The molecular formula is C15H34IN3OS. The van der Waals surface area contributed by atoms with Gasteiger partial charge in [-0.05, 0) is 50.5 Å². The average molecular weight is 431 g/mol. The molecular weight excluding hydrogens is 397 g/mol. The van der Waals surface area contributed by atoms with Crippen LogP contribution in [0.2, 0.25) is 0 Å². The number of unbranched alkanes of at least 4 members (excludes halogenated alkanes) is 1. The maximum absolute atomic E-state index is 9.07. The molecule has 0 fully saturated rings. The van der Waals surface area contributed by atoms with E-state index in [1.807, 2.05) is 11.8 Å². The van der Waals surface area contributed by atoms with Gasteiger partial charge in [-0.25, -0.2) is 0 Å². The SMILES string of the molecule is CCCC(CCO)CN=C(NCC)NCCCCSC.I. The van der Waals surface area contributed by atoms with Crippen molar-refractivity contribution in [2.75, 3.05) is 38.2 Å². The van der Waals surface area contributed by atoms with E-state index < -0.39 is 0 Å². The van der Waals surface area contributed by atoms with Crippen LogP contribution in [0.15, 0.2) is 4.99 Å². The summed E-state index contributed by atoms with van der Waals surface area (Å²) in [7, 11) is 0. The Bertz CT molecular complexity index is 237. The topological polar surface area (TPSA) is 56.7 Å². The highest BCUT2D eigenvalue weighted by Gasteiger charge is 2.07. The maximum atomic E-state index is 9.07. The van der Waals surface area contributed by atoms with Gasteiger partial charge in [0.1, 0.15) is 0 Å². The van der Waals surface area contributed by atoms with E-state index in [0.717, 1.165) is 44.9 Å². The third-order valence-electron chi connectivity index (χ3n) is 3.15. The molecule has 4 nitrogen and oxygen atoms in total. The van der Waals surface area contributed by atoms with Crippen LogP contribution in [-0.2, 0) is 0 Å². The Morgan fingerprint density at radius 1 is 1.19 bits per heavy atom. The second kappa shape index (κ2) is 18.4. The fraction of sp³-hybridized carbons (Fsp3) is 0.933. The number of thioether (sulfide) groups is 1. The van der Waals surface area contributed by atoms with Gasteiger partial charge in [-0.2, -0.15) is 11.8 Å². The normalized spacial score (nSPS) is 12.7. The molecule has 0 amide bonds. The lowest BCUT2D eigenvalue weighted by atomic mass is 10.0. The van der Waals surface area contributed by atoms with E-state index >= 15 is 0 Å². The maximum Gasteiger partial charge on any atom is 0.191 e. The van der Waals surface area contributed by atoms with Crippen LogP contribution in [0.3, 0.4) is 0 Å². The molecule has 3 N–H and O–H groups in total. The third kappa shape index (κ3) is 15.0. The molecule has 0 aromatic carbocycles. The molecule has 128 valence electrons. The van der Waals surface area contributed by atoms with Crippen LogP contribution in [0, 0.1) is 5.92 Å². The van der Waals surface area contributed by atoms with Crippen LogP contribution < -0.4 is 10.6 Å². The fourth-order valence-corrected chi connectivity index (χ4v) is 2.55. The summed E-state index contributed by atoms with van der Waals surface area (Å²) in [5, 5.41) is 15.7. The molecule has 0 aromatic heterocycles. The zero-order valence-corrected chi connectivity index (χ0v) is 17.0. The van der Waals surface area contributed by atoms with Crippen LogP contribution in [0.5, 0.6) is 0 Å². The molecule has 0 aliphatic rings. The average Bonchev–Trinajstić information content (AvgIpc) is 2.44. The number of hydrogen-bond acceptors (Lipinski definition) is 3. The Hall–Kier alpha value is 0.310. The highest BCUT2D eigenvalue weighted by atomic mass is 127. The molecule has 1 unspecified atom stereocenters. The number of rotatable bonds is 12. The van der Waals surface area contributed by atoms with Gasteiger partial charge >= 0.3 is 0 Å². The van der Waals surface area contributed by atoms with Gasteiger partial charge in [0.05, 0.1) is 0 Å². The first-order chi connectivity index (χ1) is 9.78. The molecule has 1 atom stereocenters. The molecule has 0 aromatic rings. The first-order valence-electron chi connectivity index (χ1n) is 7.90. The number of guanidine groups is 1. The van der Waals surface area contributed by atoms with E-state index in [1.165, 1.54) is 18.6 Å². The van der Waals surface area contributed by atoms with Gasteiger partial charge in [0, 0.05) is 26.2 Å². The highest BCUT2D eigenvalue weighted by Crippen LogP contribution is 2.10. The molecule has 0 saturated carbocycles. The molecule has 21 heavy (non-hydrogen) atoms. The van der Waals surface area contributed by atoms with E-state index in [0.29, 0.717) is 5.92 Å². The Kier molecular flexibility index (Phi) is 20.6. The lowest BCUT2D eigenvalue weighted by Crippen LogP contribution is -2.38. The predicted octanol–water partition coefficient (Wildman–Crippen LogP) is 3.10. The zero-order chi connectivity index (χ0) is 15.1. The highest BCUT2D eigenvalue weighted by molar-refractivity contribution is 14.0. The summed E-state index contributed by atoms with van der Waals surface area (Å²) in [4.78, 5) is 4.65. The van der Waals surface area contributed by atoms with Crippen molar-refractivity contribution in [3.05, 3.63) is 0 Å². The van der Waals surface area contributed by atoms with Gasteiger partial charge in [-0.15, -0.1) is 24.0 Å². The number of aliphatic hydroxyl groups excluding tert-OH is 1. The van der Waals surface area contributed by atoms with Crippen molar-refractivity contribution < 1.29 is 5.11 Å².